The van der Waals surface area contributed by atoms with Crippen molar-refractivity contribution in [2.24, 2.45) is 11.7 Å². The SMILES string of the molecule is Cc1nn(CC2CCNCC2)c2cc(C(N)=O)ccc12. The van der Waals surface area contributed by atoms with Gasteiger partial charge in [0.05, 0.1) is 11.2 Å². The van der Waals surface area contributed by atoms with Crippen LogP contribution in [-0.2, 0) is 6.54 Å². The van der Waals surface area contributed by atoms with E-state index >= 15 is 0 Å². The van der Waals surface area contributed by atoms with Crippen LogP contribution >= 0.6 is 0 Å². The number of hydrogen-bond donors (Lipinski definition) is 2. The molecule has 2 aromatic rings. The van der Waals surface area contributed by atoms with Crippen LogP contribution in [0.3, 0.4) is 0 Å². The molecule has 0 unspecified atom stereocenters. The second kappa shape index (κ2) is 5.25. The van der Waals surface area contributed by atoms with Gasteiger partial charge in [-0.05, 0) is 50.9 Å². The summed E-state index contributed by atoms with van der Waals surface area (Å²) in [6, 6.07) is 5.57. The van der Waals surface area contributed by atoms with Crippen molar-refractivity contribution >= 4 is 16.8 Å². The molecular formula is C15H20N4O. The van der Waals surface area contributed by atoms with E-state index in [0.29, 0.717) is 11.5 Å². The summed E-state index contributed by atoms with van der Waals surface area (Å²) >= 11 is 0. The van der Waals surface area contributed by atoms with Crippen molar-refractivity contribution in [1.29, 1.82) is 0 Å². The van der Waals surface area contributed by atoms with Crippen molar-refractivity contribution in [2.75, 3.05) is 13.1 Å². The highest BCUT2D eigenvalue weighted by Crippen LogP contribution is 2.22. The molecule has 1 aliphatic heterocycles. The van der Waals surface area contributed by atoms with Crippen molar-refractivity contribution in [3.8, 4) is 0 Å². The molecule has 0 bridgehead atoms. The van der Waals surface area contributed by atoms with Crippen LogP contribution in [0.25, 0.3) is 10.9 Å². The fourth-order valence-corrected chi connectivity index (χ4v) is 2.94. The number of aromatic nitrogens is 2. The third-order valence-corrected chi connectivity index (χ3v) is 4.11. The summed E-state index contributed by atoms with van der Waals surface area (Å²) in [5.41, 5.74) is 7.93. The van der Waals surface area contributed by atoms with Crippen LogP contribution < -0.4 is 11.1 Å². The number of aryl methyl sites for hydroxylation is 1. The molecular weight excluding hydrogens is 252 g/mol. The van der Waals surface area contributed by atoms with Gasteiger partial charge >= 0.3 is 0 Å². The van der Waals surface area contributed by atoms with Crippen LogP contribution in [0.1, 0.15) is 28.9 Å². The summed E-state index contributed by atoms with van der Waals surface area (Å²) in [6.07, 6.45) is 2.35. The Morgan fingerprint density at radius 1 is 1.45 bits per heavy atom. The predicted molar refractivity (Wildman–Crippen MR) is 78.6 cm³/mol. The van der Waals surface area contributed by atoms with Crippen molar-refractivity contribution in [3.63, 3.8) is 0 Å². The highest BCUT2D eigenvalue weighted by Gasteiger charge is 2.17. The smallest absolute Gasteiger partial charge is 0.248 e. The van der Waals surface area contributed by atoms with Gasteiger partial charge in [0.25, 0.3) is 0 Å². The molecule has 5 heteroatoms. The van der Waals surface area contributed by atoms with E-state index in [9.17, 15) is 4.79 Å². The van der Waals surface area contributed by atoms with Gasteiger partial charge in [-0.3, -0.25) is 9.48 Å². The van der Waals surface area contributed by atoms with Gasteiger partial charge in [-0.1, -0.05) is 6.07 Å². The molecule has 0 aliphatic carbocycles. The topological polar surface area (TPSA) is 72.9 Å². The molecule has 1 aliphatic rings. The first-order valence-electron chi connectivity index (χ1n) is 7.13. The molecule has 3 rings (SSSR count). The third kappa shape index (κ3) is 2.41. The summed E-state index contributed by atoms with van der Waals surface area (Å²) in [6.45, 7) is 5.07. The highest BCUT2D eigenvalue weighted by atomic mass is 16.1. The number of nitrogens with one attached hydrogen (secondary N) is 1. The minimum atomic E-state index is -0.390. The van der Waals surface area contributed by atoms with Gasteiger partial charge in [0, 0.05) is 17.5 Å². The minimum absolute atomic E-state index is 0.390. The lowest BCUT2D eigenvalue weighted by Crippen LogP contribution is -2.30. The quantitative estimate of drug-likeness (QED) is 0.888. The lowest BCUT2D eigenvalue weighted by Gasteiger charge is -2.22. The number of carbonyl (C=O) groups is 1. The summed E-state index contributed by atoms with van der Waals surface area (Å²) in [4.78, 5) is 11.3. The maximum absolute atomic E-state index is 11.3. The Morgan fingerprint density at radius 3 is 2.90 bits per heavy atom. The van der Waals surface area contributed by atoms with Gasteiger partial charge in [0.1, 0.15) is 0 Å². The fraction of sp³-hybridized carbons (Fsp3) is 0.467. The van der Waals surface area contributed by atoms with Crippen LogP contribution in [0.15, 0.2) is 18.2 Å². The zero-order valence-corrected chi connectivity index (χ0v) is 11.7. The standard InChI is InChI=1S/C15H20N4O/c1-10-13-3-2-12(15(16)20)8-14(13)19(18-10)9-11-4-6-17-7-5-11/h2-3,8,11,17H,4-7,9H2,1H3,(H2,16,20). The lowest BCUT2D eigenvalue weighted by molar-refractivity contribution is 0.100. The minimum Gasteiger partial charge on any atom is -0.366 e. The van der Waals surface area contributed by atoms with E-state index in [-0.39, 0.29) is 5.91 Å². The average Bonchev–Trinajstić information content (AvgIpc) is 2.76. The van der Waals surface area contributed by atoms with Crippen LogP contribution in [0.5, 0.6) is 0 Å². The second-order valence-electron chi connectivity index (χ2n) is 5.56. The Labute approximate surface area is 118 Å². The van der Waals surface area contributed by atoms with Crippen LogP contribution in [0.2, 0.25) is 0 Å². The average molecular weight is 272 g/mol. The molecule has 0 radical (unpaired) electrons. The molecule has 2 heterocycles. The van der Waals surface area contributed by atoms with E-state index < -0.39 is 0 Å². The van der Waals surface area contributed by atoms with E-state index in [4.69, 9.17) is 5.73 Å². The number of amides is 1. The molecule has 1 fully saturated rings. The van der Waals surface area contributed by atoms with Gasteiger partial charge in [0.2, 0.25) is 5.91 Å². The molecule has 1 amide bonds. The van der Waals surface area contributed by atoms with Gasteiger partial charge in [-0.15, -0.1) is 0 Å². The highest BCUT2D eigenvalue weighted by molar-refractivity contribution is 5.97. The molecule has 1 aromatic heterocycles. The second-order valence-corrected chi connectivity index (χ2v) is 5.56. The van der Waals surface area contributed by atoms with E-state index in [0.717, 1.165) is 36.2 Å². The number of nitrogens with two attached hydrogens (primary N) is 1. The van der Waals surface area contributed by atoms with E-state index in [1.54, 1.807) is 6.07 Å². The van der Waals surface area contributed by atoms with Crippen LogP contribution in [0, 0.1) is 12.8 Å². The van der Waals surface area contributed by atoms with E-state index in [1.807, 2.05) is 23.7 Å². The zero-order chi connectivity index (χ0) is 14.1. The van der Waals surface area contributed by atoms with Crippen molar-refractivity contribution in [3.05, 3.63) is 29.5 Å². The molecule has 1 saturated heterocycles. The Morgan fingerprint density at radius 2 is 2.20 bits per heavy atom. The Bertz CT molecular complexity index is 641. The first-order valence-corrected chi connectivity index (χ1v) is 7.13. The maximum atomic E-state index is 11.3. The summed E-state index contributed by atoms with van der Waals surface area (Å²) in [5.74, 6) is 0.259. The lowest BCUT2D eigenvalue weighted by atomic mass is 9.98. The third-order valence-electron chi connectivity index (χ3n) is 4.11. The number of nitrogens with zero attached hydrogens (tertiary/aromatic N) is 2. The molecule has 20 heavy (non-hydrogen) atoms. The molecule has 0 spiro atoms. The predicted octanol–water partition coefficient (Wildman–Crippen LogP) is 1.44. The van der Waals surface area contributed by atoms with Gasteiger partial charge < -0.3 is 11.1 Å². The number of rotatable bonds is 3. The van der Waals surface area contributed by atoms with Gasteiger partial charge in [0.15, 0.2) is 0 Å². The van der Waals surface area contributed by atoms with Crippen LogP contribution in [-0.4, -0.2) is 28.8 Å². The monoisotopic (exact) mass is 272 g/mol. The summed E-state index contributed by atoms with van der Waals surface area (Å²) < 4.78 is 2.03. The zero-order valence-electron chi connectivity index (χ0n) is 11.7. The van der Waals surface area contributed by atoms with Gasteiger partial charge in [-0.2, -0.15) is 5.10 Å². The fourth-order valence-electron chi connectivity index (χ4n) is 2.94. The normalized spacial score (nSPS) is 16.6. The Hall–Kier alpha value is -1.88. The maximum Gasteiger partial charge on any atom is 0.248 e. The number of fused-ring (bicyclic) bond motifs is 1. The molecule has 0 atom stereocenters. The molecule has 0 saturated carbocycles. The van der Waals surface area contributed by atoms with Gasteiger partial charge in [-0.25, -0.2) is 0 Å². The Balaban J connectivity index is 1.96. The summed E-state index contributed by atoms with van der Waals surface area (Å²) in [5, 5.41) is 9.11. The molecule has 3 N–H and O–H groups in total. The van der Waals surface area contributed by atoms with Crippen molar-refractivity contribution in [2.45, 2.75) is 26.3 Å². The van der Waals surface area contributed by atoms with Crippen molar-refractivity contribution in [1.82, 2.24) is 15.1 Å². The number of piperidine rings is 1. The van der Waals surface area contributed by atoms with Crippen LogP contribution in [0.4, 0.5) is 0 Å². The number of benzene rings is 1. The largest absolute Gasteiger partial charge is 0.366 e. The number of primary amides is 1. The molecule has 1 aromatic carbocycles. The Kier molecular flexibility index (Phi) is 3.44. The first-order chi connectivity index (χ1) is 9.65. The molecule has 106 valence electrons. The number of carbonyl (C=O) groups excluding carboxylic acids is 1. The number of hydrogen-bond acceptors (Lipinski definition) is 3. The molecule has 5 nitrogen and oxygen atoms in total. The van der Waals surface area contributed by atoms with Crippen molar-refractivity contribution < 1.29 is 4.79 Å². The van der Waals surface area contributed by atoms with E-state index in [2.05, 4.69) is 10.4 Å². The first kappa shape index (κ1) is 13.1. The van der Waals surface area contributed by atoms with E-state index in [1.165, 1.54) is 12.8 Å². The summed E-state index contributed by atoms with van der Waals surface area (Å²) in [7, 11) is 0.